The van der Waals surface area contributed by atoms with E-state index in [2.05, 4.69) is 4.74 Å². The fraction of sp³-hybridized carbons (Fsp3) is 0.357. The van der Waals surface area contributed by atoms with Crippen molar-refractivity contribution in [3.8, 4) is 6.07 Å². The summed E-state index contributed by atoms with van der Waals surface area (Å²) >= 11 is 0. The molecule has 0 aliphatic heterocycles. The predicted octanol–water partition coefficient (Wildman–Crippen LogP) is 1.84. The summed E-state index contributed by atoms with van der Waals surface area (Å²) in [5, 5.41) is 8.85. The number of hydrogen-bond donors (Lipinski definition) is 0. The molecule has 0 bridgehead atoms. The molecular formula is C14H15NO4. The molecule has 1 aromatic rings. The van der Waals surface area contributed by atoms with Gasteiger partial charge in [-0.15, -0.1) is 0 Å². The highest BCUT2D eigenvalue weighted by Crippen LogP contribution is 2.15. The third kappa shape index (κ3) is 4.11. The Balaban J connectivity index is 2.92. The summed E-state index contributed by atoms with van der Waals surface area (Å²) in [6, 6.07) is 6.66. The van der Waals surface area contributed by atoms with Gasteiger partial charge in [-0.1, -0.05) is 0 Å². The number of benzene rings is 1. The summed E-state index contributed by atoms with van der Waals surface area (Å²) in [4.78, 5) is 22.9. The highest BCUT2D eigenvalue weighted by Gasteiger charge is 2.14. The highest BCUT2D eigenvalue weighted by atomic mass is 16.5. The van der Waals surface area contributed by atoms with E-state index in [1.807, 2.05) is 6.07 Å². The number of nitrogens with zero attached hydrogens (tertiary/aromatic N) is 1. The Kier molecular flexibility index (Phi) is 5.55. The molecule has 0 radical (unpaired) electrons. The van der Waals surface area contributed by atoms with Crippen LogP contribution in [-0.2, 0) is 20.7 Å². The first kappa shape index (κ1) is 14.7. The fourth-order valence-electron chi connectivity index (χ4n) is 1.65. The lowest BCUT2D eigenvalue weighted by atomic mass is 10.0. The van der Waals surface area contributed by atoms with Gasteiger partial charge < -0.3 is 9.47 Å². The molecule has 5 heteroatoms. The number of rotatable bonds is 5. The Morgan fingerprint density at radius 2 is 2.11 bits per heavy atom. The summed E-state index contributed by atoms with van der Waals surface area (Å²) in [6.07, 6.45) is 0.492. The van der Waals surface area contributed by atoms with Crippen LogP contribution in [0.2, 0.25) is 0 Å². The third-order valence-corrected chi connectivity index (χ3v) is 2.54. The molecule has 1 aromatic carbocycles. The molecule has 0 aromatic heterocycles. The Morgan fingerprint density at radius 3 is 2.68 bits per heavy atom. The average Bonchev–Trinajstić information content (AvgIpc) is 2.44. The van der Waals surface area contributed by atoms with Crippen molar-refractivity contribution < 1.29 is 19.1 Å². The van der Waals surface area contributed by atoms with Gasteiger partial charge in [-0.3, -0.25) is 4.79 Å². The molecule has 0 amide bonds. The standard InChI is InChI=1S/C14H15NO4/c1-3-19-13(16)7-5-11-8-10(9-15)4-6-12(11)14(17)18-2/h4,6,8H,3,5,7H2,1-2H3. The van der Waals surface area contributed by atoms with E-state index in [1.54, 1.807) is 19.1 Å². The van der Waals surface area contributed by atoms with E-state index in [0.29, 0.717) is 29.7 Å². The van der Waals surface area contributed by atoms with Gasteiger partial charge in [0.15, 0.2) is 0 Å². The second-order valence-corrected chi connectivity index (χ2v) is 3.78. The first-order chi connectivity index (χ1) is 9.12. The molecule has 19 heavy (non-hydrogen) atoms. The van der Waals surface area contributed by atoms with Gasteiger partial charge in [0.2, 0.25) is 0 Å². The number of carbonyl (C=O) groups excluding carboxylic acids is 2. The van der Waals surface area contributed by atoms with Crippen LogP contribution in [0.1, 0.15) is 34.8 Å². The van der Waals surface area contributed by atoms with Gasteiger partial charge in [-0.05, 0) is 37.1 Å². The molecule has 0 unspecified atom stereocenters. The van der Waals surface area contributed by atoms with Crippen molar-refractivity contribution in [2.24, 2.45) is 0 Å². The van der Waals surface area contributed by atoms with Gasteiger partial charge in [0, 0.05) is 6.42 Å². The van der Waals surface area contributed by atoms with Crippen LogP contribution in [0.4, 0.5) is 0 Å². The first-order valence-electron chi connectivity index (χ1n) is 5.89. The summed E-state index contributed by atoms with van der Waals surface area (Å²) in [5.74, 6) is -0.816. The van der Waals surface area contributed by atoms with E-state index in [4.69, 9.17) is 10.00 Å². The van der Waals surface area contributed by atoms with Crippen molar-refractivity contribution in [2.45, 2.75) is 19.8 Å². The van der Waals surface area contributed by atoms with Crippen molar-refractivity contribution in [2.75, 3.05) is 13.7 Å². The molecular weight excluding hydrogens is 246 g/mol. The van der Waals surface area contributed by atoms with Crippen molar-refractivity contribution in [1.29, 1.82) is 5.26 Å². The Labute approximate surface area is 111 Å². The average molecular weight is 261 g/mol. The van der Waals surface area contributed by atoms with Crippen LogP contribution >= 0.6 is 0 Å². The molecule has 100 valence electrons. The van der Waals surface area contributed by atoms with Gasteiger partial charge in [-0.25, -0.2) is 4.79 Å². The third-order valence-electron chi connectivity index (χ3n) is 2.54. The van der Waals surface area contributed by atoms with E-state index in [-0.39, 0.29) is 12.4 Å². The second kappa shape index (κ2) is 7.17. The maximum Gasteiger partial charge on any atom is 0.338 e. The summed E-state index contributed by atoms with van der Waals surface area (Å²) in [6.45, 7) is 2.05. The fourth-order valence-corrected chi connectivity index (χ4v) is 1.65. The van der Waals surface area contributed by atoms with Gasteiger partial charge in [0.05, 0.1) is 30.9 Å². The SMILES string of the molecule is CCOC(=O)CCc1cc(C#N)ccc1C(=O)OC. The maximum atomic E-state index is 11.6. The number of aryl methyl sites for hydroxylation is 1. The van der Waals surface area contributed by atoms with Crippen LogP contribution in [-0.4, -0.2) is 25.7 Å². The molecule has 0 fully saturated rings. The highest BCUT2D eigenvalue weighted by molar-refractivity contribution is 5.91. The van der Waals surface area contributed by atoms with Crippen molar-refractivity contribution >= 4 is 11.9 Å². The lowest BCUT2D eigenvalue weighted by molar-refractivity contribution is -0.143. The van der Waals surface area contributed by atoms with E-state index in [9.17, 15) is 9.59 Å². The van der Waals surface area contributed by atoms with E-state index >= 15 is 0 Å². The van der Waals surface area contributed by atoms with Crippen LogP contribution in [0.15, 0.2) is 18.2 Å². The minimum atomic E-state index is -0.483. The number of nitriles is 1. The van der Waals surface area contributed by atoms with Crippen LogP contribution in [0.3, 0.4) is 0 Å². The summed E-state index contributed by atoms with van der Waals surface area (Å²) in [7, 11) is 1.29. The van der Waals surface area contributed by atoms with Crippen LogP contribution in [0.5, 0.6) is 0 Å². The van der Waals surface area contributed by atoms with Crippen molar-refractivity contribution in [3.63, 3.8) is 0 Å². The molecule has 0 saturated carbocycles. The number of hydrogen-bond acceptors (Lipinski definition) is 5. The number of carbonyl (C=O) groups is 2. The summed E-state index contributed by atoms with van der Waals surface area (Å²) in [5.41, 5.74) is 1.41. The van der Waals surface area contributed by atoms with E-state index in [0.717, 1.165) is 0 Å². The van der Waals surface area contributed by atoms with E-state index < -0.39 is 5.97 Å². The molecule has 0 aliphatic rings. The van der Waals surface area contributed by atoms with Crippen molar-refractivity contribution in [3.05, 3.63) is 34.9 Å². The molecule has 0 saturated heterocycles. The topological polar surface area (TPSA) is 76.4 Å². The minimum absolute atomic E-state index is 0.159. The molecule has 0 spiro atoms. The Bertz CT molecular complexity index is 517. The lowest BCUT2D eigenvalue weighted by Gasteiger charge is -2.08. The van der Waals surface area contributed by atoms with Crippen LogP contribution in [0.25, 0.3) is 0 Å². The quantitative estimate of drug-likeness (QED) is 0.756. The zero-order valence-corrected chi connectivity index (χ0v) is 10.9. The molecule has 5 nitrogen and oxygen atoms in total. The predicted molar refractivity (Wildman–Crippen MR) is 67.5 cm³/mol. The van der Waals surface area contributed by atoms with Crippen LogP contribution < -0.4 is 0 Å². The van der Waals surface area contributed by atoms with Crippen molar-refractivity contribution in [1.82, 2.24) is 0 Å². The van der Waals surface area contributed by atoms with Gasteiger partial charge in [0.1, 0.15) is 0 Å². The van der Waals surface area contributed by atoms with Gasteiger partial charge in [-0.2, -0.15) is 5.26 Å². The first-order valence-corrected chi connectivity index (χ1v) is 5.89. The molecule has 1 rings (SSSR count). The molecule has 0 aliphatic carbocycles. The normalized spacial score (nSPS) is 9.53. The minimum Gasteiger partial charge on any atom is -0.466 e. The zero-order valence-electron chi connectivity index (χ0n) is 10.9. The molecule has 0 atom stereocenters. The molecule has 0 N–H and O–H groups in total. The lowest BCUT2D eigenvalue weighted by Crippen LogP contribution is -2.10. The van der Waals surface area contributed by atoms with Crippen LogP contribution in [0, 0.1) is 11.3 Å². The summed E-state index contributed by atoms with van der Waals surface area (Å²) < 4.78 is 9.49. The van der Waals surface area contributed by atoms with E-state index in [1.165, 1.54) is 13.2 Å². The maximum absolute atomic E-state index is 11.6. The van der Waals surface area contributed by atoms with Gasteiger partial charge >= 0.3 is 11.9 Å². The molecule has 0 heterocycles. The monoisotopic (exact) mass is 261 g/mol. The Morgan fingerprint density at radius 1 is 1.37 bits per heavy atom. The second-order valence-electron chi connectivity index (χ2n) is 3.78. The number of ether oxygens (including phenoxy) is 2. The van der Waals surface area contributed by atoms with Gasteiger partial charge in [0.25, 0.3) is 0 Å². The largest absolute Gasteiger partial charge is 0.466 e. The number of esters is 2. The zero-order chi connectivity index (χ0) is 14.3. The Hall–Kier alpha value is -2.35. The number of methoxy groups -OCH3 is 1. The smallest absolute Gasteiger partial charge is 0.338 e.